The fourth-order valence-electron chi connectivity index (χ4n) is 4.28. The molecule has 174 valence electrons. The van der Waals surface area contributed by atoms with E-state index in [0.717, 1.165) is 34.2 Å². The van der Waals surface area contributed by atoms with Crippen molar-refractivity contribution in [2.45, 2.75) is 18.8 Å². The Kier molecular flexibility index (Phi) is 6.49. The number of nitrogens with zero attached hydrogens (tertiary/aromatic N) is 3. The number of hydrogen-bond donors (Lipinski definition) is 0. The molecule has 0 atom stereocenters. The first-order chi connectivity index (χ1) is 17.0. The Balaban J connectivity index is 1.24. The summed E-state index contributed by atoms with van der Waals surface area (Å²) in [5.41, 5.74) is 2.09. The molecule has 8 heteroatoms. The molecule has 2 heterocycles. The molecule has 0 bridgehead atoms. The first-order valence-electron chi connectivity index (χ1n) is 11.2. The van der Waals surface area contributed by atoms with Crippen LogP contribution in [-0.2, 0) is 4.79 Å². The van der Waals surface area contributed by atoms with Gasteiger partial charge in [0.2, 0.25) is 0 Å². The topological polar surface area (TPSA) is 76.3 Å². The number of halogens is 1. The van der Waals surface area contributed by atoms with Crippen LogP contribution >= 0.6 is 22.9 Å². The Labute approximate surface area is 211 Å². The third-order valence-electron chi connectivity index (χ3n) is 6.19. The zero-order valence-corrected chi connectivity index (χ0v) is 20.2. The number of likely N-dealkylation sites (tertiary alicyclic amines) is 1. The first kappa shape index (κ1) is 23.0. The van der Waals surface area contributed by atoms with E-state index in [9.17, 15) is 14.9 Å². The summed E-state index contributed by atoms with van der Waals surface area (Å²) >= 11 is 7.47. The highest BCUT2D eigenvalue weighted by atomic mass is 35.5. The van der Waals surface area contributed by atoms with E-state index >= 15 is 0 Å². The predicted molar refractivity (Wildman–Crippen MR) is 139 cm³/mol. The van der Waals surface area contributed by atoms with E-state index in [1.807, 2.05) is 47.8 Å². The Morgan fingerprint density at radius 3 is 2.69 bits per heavy atom. The van der Waals surface area contributed by atoms with Crippen molar-refractivity contribution in [2.24, 2.45) is 0 Å². The van der Waals surface area contributed by atoms with E-state index in [-0.39, 0.29) is 22.5 Å². The first-order valence-corrected chi connectivity index (χ1v) is 12.4. The van der Waals surface area contributed by atoms with Gasteiger partial charge in [-0.3, -0.25) is 14.9 Å². The minimum atomic E-state index is -0.491. The van der Waals surface area contributed by atoms with E-state index in [4.69, 9.17) is 16.6 Å². The second-order valence-electron chi connectivity index (χ2n) is 8.34. The van der Waals surface area contributed by atoms with Gasteiger partial charge < -0.3 is 4.90 Å². The molecule has 1 aliphatic heterocycles. The molecule has 6 nitrogen and oxygen atoms in total. The fraction of sp³-hybridized carbons (Fsp3) is 0.185. The van der Waals surface area contributed by atoms with Crippen LogP contribution in [0.1, 0.15) is 29.3 Å². The van der Waals surface area contributed by atoms with Gasteiger partial charge >= 0.3 is 0 Å². The van der Waals surface area contributed by atoms with Gasteiger partial charge in [-0.05, 0) is 35.7 Å². The summed E-state index contributed by atoms with van der Waals surface area (Å²) in [6.07, 6.45) is 1.60. The van der Waals surface area contributed by atoms with Crippen molar-refractivity contribution in [3.05, 3.63) is 91.8 Å². The monoisotopic (exact) mass is 501 g/mol. The molecule has 3 aromatic carbocycles. The highest BCUT2D eigenvalue weighted by Gasteiger charge is 2.25. The molecule has 0 unspecified atom stereocenters. The number of nitro benzene ring substituents is 1. The van der Waals surface area contributed by atoms with Crippen molar-refractivity contribution in [1.82, 2.24) is 9.88 Å². The van der Waals surface area contributed by atoms with E-state index in [0.29, 0.717) is 24.3 Å². The minimum absolute atomic E-state index is 0.106. The van der Waals surface area contributed by atoms with Crippen LogP contribution in [0.25, 0.3) is 22.0 Å². The molecule has 1 aliphatic rings. The summed E-state index contributed by atoms with van der Waals surface area (Å²) < 4.78 is 0. The lowest BCUT2D eigenvalue weighted by atomic mass is 9.97. The molecular formula is C27H20ClN3O3S. The molecule has 0 radical (unpaired) electrons. The maximum Gasteiger partial charge on any atom is 0.298 e. The highest BCUT2D eigenvalue weighted by molar-refractivity contribution is 7.10. The second-order valence-corrected chi connectivity index (χ2v) is 9.63. The van der Waals surface area contributed by atoms with Crippen molar-refractivity contribution < 1.29 is 9.72 Å². The number of carbonyl (C=O) groups excluding carboxylic acids is 1. The van der Waals surface area contributed by atoms with Crippen molar-refractivity contribution in [2.75, 3.05) is 13.1 Å². The van der Waals surface area contributed by atoms with Crippen LogP contribution in [0.5, 0.6) is 0 Å². The van der Waals surface area contributed by atoms with Gasteiger partial charge in [0.25, 0.3) is 11.6 Å². The minimum Gasteiger partial charge on any atom is -0.332 e. The Morgan fingerprint density at radius 2 is 1.89 bits per heavy atom. The van der Waals surface area contributed by atoms with Crippen molar-refractivity contribution >= 4 is 45.3 Å². The van der Waals surface area contributed by atoms with E-state index in [1.54, 1.807) is 22.3 Å². The number of thiazole rings is 1. The standard InChI is InChI=1S/C27H20ClN3O3S/c28-23-10-8-21(16-25(23)31(33)34)24-17-35-27(29-24)20-12-14-30(15-13-20)26(32)11-9-19-6-3-5-18-4-1-2-7-22(18)19/h1-8,10,16-17,20H,12-15H2. The molecule has 35 heavy (non-hydrogen) atoms. The van der Waals surface area contributed by atoms with E-state index in [2.05, 4.69) is 11.8 Å². The van der Waals surface area contributed by atoms with Gasteiger partial charge in [0.1, 0.15) is 5.02 Å². The number of carbonyl (C=O) groups is 1. The largest absolute Gasteiger partial charge is 0.332 e. The molecule has 0 spiro atoms. The summed E-state index contributed by atoms with van der Waals surface area (Å²) in [6.45, 7) is 1.24. The number of piperidine rings is 1. The molecule has 1 amide bonds. The van der Waals surface area contributed by atoms with Crippen molar-refractivity contribution in [1.29, 1.82) is 0 Å². The lowest BCUT2D eigenvalue weighted by molar-refractivity contribution is -0.384. The second kappa shape index (κ2) is 9.87. The number of hydrogen-bond acceptors (Lipinski definition) is 5. The van der Waals surface area contributed by atoms with Gasteiger partial charge in [-0.2, -0.15) is 0 Å². The number of aromatic nitrogens is 1. The molecule has 0 saturated carbocycles. The third-order valence-corrected chi connectivity index (χ3v) is 7.51. The summed E-state index contributed by atoms with van der Waals surface area (Å²) in [5.74, 6) is 5.95. The van der Waals surface area contributed by atoms with E-state index < -0.39 is 4.92 Å². The maximum absolute atomic E-state index is 12.7. The lowest BCUT2D eigenvalue weighted by Gasteiger charge is -2.29. The Bertz CT molecular complexity index is 1490. The molecular weight excluding hydrogens is 482 g/mol. The molecule has 1 aromatic heterocycles. The van der Waals surface area contributed by atoms with Gasteiger partial charge in [0.15, 0.2) is 0 Å². The summed E-state index contributed by atoms with van der Waals surface area (Å²) in [7, 11) is 0. The van der Waals surface area contributed by atoms with Crippen molar-refractivity contribution in [3.8, 4) is 23.1 Å². The number of fused-ring (bicyclic) bond motifs is 1. The molecule has 1 fully saturated rings. The van der Waals surface area contributed by atoms with Crippen LogP contribution < -0.4 is 0 Å². The molecule has 4 aromatic rings. The number of benzene rings is 3. The third kappa shape index (κ3) is 4.90. The van der Waals surface area contributed by atoms with Crippen molar-refractivity contribution in [3.63, 3.8) is 0 Å². The van der Waals surface area contributed by atoms with Gasteiger partial charge in [-0.25, -0.2) is 4.98 Å². The maximum atomic E-state index is 12.7. The van der Waals surface area contributed by atoms with Crippen LogP contribution in [-0.4, -0.2) is 33.8 Å². The Hall–Kier alpha value is -3.73. The molecule has 1 saturated heterocycles. The SMILES string of the molecule is O=C(C#Cc1cccc2ccccc12)N1CCC(c2nc(-c3ccc(Cl)c([N+](=O)[O-])c3)cs2)CC1. The fourth-order valence-corrected chi connectivity index (χ4v) is 5.47. The van der Waals surface area contributed by atoms with Gasteiger partial charge in [0, 0.05) is 47.5 Å². The number of rotatable bonds is 3. The average Bonchev–Trinajstić information content (AvgIpc) is 3.38. The number of amides is 1. The summed E-state index contributed by atoms with van der Waals surface area (Å²) in [4.78, 5) is 30.0. The van der Waals surface area contributed by atoms with Crippen LogP contribution in [0, 0.1) is 22.0 Å². The van der Waals surface area contributed by atoms with Gasteiger partial charge in [-0.1, -0.05) is 60.0 Å². The van der Waals surface area contributed by atoms with Gasteiger partial charge in [-0.15, -0.1) is 11.3 Å². The zero-order chi connectivity index (χ0) is 24.4. The number of nitro groups is 1. The highest BCUT2D eigenvalue weighted by Crippen LogP contribution is 2.35. The lowest BCUT2D eigenvalue weighted by Crippen LogP contribution is -2.37. The molecule has 0 aliphatic carbocycles. The van der Waals surface area contributed by atoms with Crippen LogP contribution in [0.2, 0.25) is 5.02 Å². The smallest absolute Gasteiger partial charge is 0.298 e. The van der Waals surface area contributed by atoms with Crippen LogP contribution in [0.15, 0.2) is 66.0 Å². The quantitative estimate of drug-likeness (QED) is 0.188. The van der Waals surface area contributed by atoms with Crippen LogP contribution in [0.4, 0.5) is 5.69 Å². The summed E-state index contributed by atoms with van der Waals surface area (Å²) in [6, 6.07) is 18.6. The Morgan fingerprint density at radius 1 is 1.11 bits per heavy atom. The predicted octanol–water partition coefficient (Wildman–Crippen LogP) is 6.28. The average molecular weight is 502 g/mol. The zero-order valence-electron chi connectivity index (χ0n) is 18.6. The molecule has 5 rings (SSSR count). The molecule has 0 N–H and O–H groups in total. The van der Waals surface area contributed by atoms with Crippen LogP contribution in [0.3, 0.4) is 0 Å². The summed E-state index contributed by atoms with van der Waals surface area (Å²) in [5, 5.41) is 16.3. The normalized spacial score (nSPS) is 13.9. The van der Waals surface area contributed by atoms with E-state index in [1.165, 1.54) is 12.1 Å². The van der Waals surface area contributed by atoms with Gasteiger partial charge in [0.05, 0.1) is 15.6 Å².